The average Bonchev–Trinajstić information content (AvgIpc) is 2.47. The number of carbonyl (C=O) groups excluding carboxylic acids is 2. The molecule has 4 heteroatoms. The third-order valence-corrected chi connectivity index (χ3v) is 2.82. The van der Waals surface area contributed by atoms with E-state index in [4.69, 9.17) is 5.11 Å². The largest absolute Gasteiger partial charge is 0.388 e. The summed E-state index contributed by atoms with van der Waals surface area (Å²) >= 11 is 0. The normalized spacial score (nSPS) is 10.1. The highest BCUT2D eigenvalue weighted by molar-refractivity contribution is 5.99. The fourth-order valence-electron chi connectivity index (χ4n) is 1.85. The van der Waals surface area contributed by atoms with E-state index in [2.05, 4.69) is 5.32 Å². The molecule has 0 saturated carbocycles. The zero-order valence-corrected chi connectivity index (χ0v) is 10.9. The smallest absolute Gasteiger partial charge is 0.228 e. The van der Waals surface area contributed by atoms with Gasteiger partial charge in [-0.2, -0.15) is 0 Å². The van der Waals surface area contributed by atoms with E-state index in [0.717, 1.165) is 5.56 Å². The Balaban J connectivity index is 2.03. The van der Waals surface area contributed by atoms with Crippen LogP contribution >= 0.6 is 0 Å². The lowest BCUT2D eigenvalue weighted by molar-refractivity contribution is -0.115. The summed E-state index contributed by atoms with van der Waals surface area (Å²) < 4.78 is 0. The Morgan fingerprint density at radius 3 is 2.45 bits per heavy atom. The molecule has 0 aliphatic rings. The van der Waals surface area contributed by atoms with Gasteiger partial charge in [-0.05, 0) is 17.7 Å². The van der Waals surface area contributed by atoms with E-state index >= 15 is 0 Å². The van der Waals surface area contributed by atoms with E-state index in [1.807, 2.05) is 30.3 Å². The van der Waals surface area contributed by atoms with Crippen molar-refractivity contribution in [1.82, 2.24) is 0 Å². The number of ketones is 1. The summed E-state index contributed by atoms with van der Waals surface area (Å²) in [4.78, 5) is 23.3. The van der Waals surface area contributed by atoms with Crippen LogP contribution in [0.1, 0.15) is 15.9 Å². The van der Waals surface area contributed by atoms with Crippen LogP contribution in [0.15, 0.2) is 54.6 Å². The summed E-state index contributed by atoms with van der Waals surface area (Å²) in [5.74, 6) is -0.519. The molecule has 0 spiro atoms. The van der Waals surface area contributed by atoms with Crippen LogP contribution in [-0.2, 0) is 11.2 Å². The number of carbonyl (C=O) groups is 2. The van der Waals surface area contributed by atoms with Gasteiger partial charge in [0.1, 0.15) is 6.61 Å². The van der Waals surface area contributed by atoms with Crippen LogP contribution in [0.3, 0.4) is 0 Å². The van der Waals surface area contributed by atoms with E-state index in [1.165, 1.54) is 0 Å². The van der Waals surface area contributed by atoms with Gasteiger partial charge in [-0.3, -0.25) is 9.59 Å². The molecule has 0 fully saturated rings. The van der Waals surface area contributed by atoms with E-state index in [9.17, 15) is 9.59 Å². The van der Waals surface area contributed by atoms with Gasteiger partial charge < -0.3 is 10.4 Å². The Morgan fingerprint density at radius 1 is 1.00 bits per heavy atom. The lowest BCUT2D eigenvalue weighted by atomic mass is 10.1. The first-order valence-electron chi connectivity index (χ1n) is 6.27. The molecule has 0 bridgehead atoms. The Labute approximate surface area is 117 Å². The topological polar surface area (TPSA) is 66.4 Å². The summed E-state index contributed by atoms with van der Waals surface area (Å²) in [6.45, 7) is -0.540. The molecule has 0 aliphatic carbocycles. The van der Waals surface area contributed by atoms with Crippen molar-refractivity contribution in [3.63, 3.8) is 0 Å². The number of anilines is 1. The lowest BCUT2D eigenvalue weighted by Crippen LogP contribution is -2.15. The van der Waals surface area contributed by atoms with Crippen molar-refractivity contribution < 1.29 is 14.7 Å². The zero-order valence-electron chi connectivity index (χ0n) is 10.9. The maximum Gasteiger partial charge on any atom is 0.228 e. The number of aliphatic hydroxyl groups excluding tert-OH is 1. The van der Waals surface area contributed by atoms with Gasteiger partial charge in [0.25, 0.3) is 0 Å². The second-order valence-corrected chi connectivity index (χ2v) is 4.37. The molecular formula is C16H15NO3. The molecule has 2 aromatic carbocycles. The lowest BCUT2D eigenvalue weighted by Gasteiger charge is -2.06. The monoisotopic (exact) mass is 269 g/mol. The highest BCUT2D eigenvalue weighted by Crippen LogP contribution is 2.12. The van der Waals surface area contributed by atoms with Crippen molar-refractivity contribution in [3.05, 3.63) is 65.7 Å². The molecule has 0 radical (unpaired) electrons. The van der Waals surface area contributed by atoms with Crippen LogP contribution in [0, 0.1) is 0 Å². The van der Waals surface area contributed by atoms with Gasteiger partial charge >= 0.3 is 0 Å². The van der Waals surface area contributed by atoms with Crippen LogP contribution in [-0.4, -0.2) is 23.4 Å². The maximum atomic E-state index is 11.9. The SMILES string of the molecule is O=C(Cc1ccccc1)Nc1cccc(C(=O)CO)c1. The Bertz CT molecular complexity index is 608. The van der Waals surface area contributed by atoms with Crippen LogP contribution < -0.4 is 5.32 Å². The molecule has 2 aromatic rings. The second kappa shape index (κ2) is 6.63. The van der Waals surface area contributed by atoms with Gasteiger partial charge in [0.2, 0.25) is 5.91 Å². The van der Waals surface area contributed by atoms with Crippen molar-refractivity contribution in [1.29, 1.82) is 0 Å². The average molecular weight is 269 g/mol. The minimum atomic E-state index is -0.540. The van der Waals surface area contributed by atoms with Crippen LogP contribution in [0.5, 0.6) is 0 Å². The summed E-state index contributed by atoms with van der Waals surface area (Å²) in [7, 11) is 0. The van der Waals surface area contributed by atoms with E-state index < -0.39 is 6.61 Å². The van der Waals surface area contributed by atoms with Crippen molar-refractivity contribution in [2.75, 3.05) is 11.9 Å². The van der Waals surface area contributed by atoms with E-state index in [1.54, 1.807) is 24.3 Å². The first kappa shape index (κ1) is 14.0. The molecule has 0 unspecified atom stereocenters. The first-order chi connectivity index (χ1) is 9.69. The van der Waals surface area contributed by atoms with Gasteiger partial charge in [0.05, 0.1) is 6.42 Å². The fourth-order valence-corrected chi connectivity index (χ4v) is 1.85. The minimum Gasteiger partial charge on any atom is -0.388 e. The first-order valence-corrected chi connectivity index (χ1v) is 6.27. The number of hydrogen-bond donors (Lipinski definition) is 2. The second-order valence-electron chi connectivity index (χ2n) is 4.37. The number of benzene rings is 2. The number of amides is 1. The van der Waals surface area contributed by atoms with Crippen LogP contribution in [0.4, 0.5) is 5.69 Å². The number of aliphatic hydroxyl groups is 1. The fraction of sp³-hybridized carbons (Fsp3) is 0.125. The minimum absolute atomic E-state index is 0.148. The summed E-state index contributed by atoms with van der Waals surface area (Å²) in [5.41, 5.74) is 1.85. The maximum absolute atomic E-state index is 11.9. The summed E-state index contributed by atoms with van der Waals surface area (Å²) in [6.07, 6.45) is 0.277. The number of Topliss-reactive ketones (excluding diaryl/α,β-unsaturated/α-hetero) is 1. The highest BCUT2D eigenvalue weighted by atomic mass is 16.3. The van der Waals surface area contributed by atoms with Crippen LogP contribution in [0.2, 0.25) is 0 Å². The Kier molecular flexibility index (Phi) is 4.63. The molecule has 0 atom stereocenters. The van der Waals surface area contributed by atoms with Crippen LogP contribution in [0.25, 0.3) is 0 Å². The molecule has 0 heterocycles. The standard InChI is InChI=1S/C16H15NO3/c18-11-15(19)13-7-4-8-14(10-13)17-16(20)9-12-5-2-1-3-6-12/h1-8,10,18H,9,11H2,(H,17,20). The third-order valence-electron chi connectivity index (χ3n) is 2.82. The number of rotatable bonds is 5. The molecule has 2 N–H and O–H groups in total. The summed E-state index contributed by atoms with van der Waals surface area (Å²) in [6, 6.07) is 15.9. The molecule has 20 heavy (non-hydrogen) atoms. The molecular weight excluding hydrogens is 254 g/mol. The Hall–Kier alpha value is -2.46. The van der Waals surface area contributed by atoms with Crippen molar-refractivity contribution in [2.45, 2.75) is 6.42 Å². The number of hydrogen-bond acceptors (Lipinski definition) is 3. The predicted molar refractivity (Wildman–Crippen MR) is 76.6 cm³/mol. The Morgan fingerprint density at radius 2 is 1.75 bits per heavy atom. The molecule has 0 saturated heterocycles. The molecule has 0 aromatic heterocycles. The number of nitrogens with one attached hydrogen (secondary N) is 1. The third kappa shape index (κ3) is 3.76. The van der Waals surface area contributed by atoms with Crippen molar-refractivity contribution >= 4 is 17.4 Å². The zero-order chi connectivity index (χ0) is 14.4. The van der Waals surface area contributed by atoms with Gasteiger partial charge in [0.15, 0.2) is 5.78 Å². The van der Waals surface area contributed by atoms with Crippen molar-refractivity contribution in [3.8, 4) is 0 Å². The van der Waals surface area contributed by atoms with Crippen molar-refractivity contribution in [2.24, 2.45) is 0 Å². The van der Waals surface area contributed by atoms with Gasteiger partial charge in [-0.15, -0.1) is 0 Å². The molecule has 4 nitrogen and oxygen atoms in total. The predicted octanol–water partition coefficient (Wildman–Crippen LogP) is 2.04. The molecule has 0 aliphatic heterocycles. The molecule has 2 rings (SSSR count). The molecule has 102 valence electrons. The quantitative estimate of drug-likeness (QED) is 0.816. The molecule has 1 amide bonds. The van der Waals surface area contributed by atoms with Gasteiger partial charge in [-0.25, -0.2) is 0 Å². The highest BCUT2D eigenvalue weighted by Gasteiger charge is 2.07. The van der Waals surface area contributed by atoms with E-state index in [-0.39, 0.29) is 18.1 Å². The van der Waals surface area contributed by atoms with E-state index in [0.29, 0.717) is 11.3 Å². The van der Waals surface area contributed by atoms with Gasteiger partial charge in [-0.1, -0.05) is 42.5 Å². The van der Waals surface area contributed by atoms with Gasteiger partial charge in [0, 0.05) is 11.3 Å². The summed E-state index contributed by atoms with van der Waals surface area (Å²) in [5, 5.41) is 11.6.